The average Bonchev–Trinajstić information content (AvgIpc) is 3.61. The third-order valence-corrected chi connectivity index (χ3v) is 7.55. The Kier molecular flexibility index (Phi) is 6.54. The molecule has 6 heteroatoms. The van der Waals surface area contributed by atoms with Gasteiger partial charge in [0.1, 0.15) is 11.5 Å². The van der Waals surface area contributed by atoms with Crippen LogP contribution in [-0.2, 0) is 0 Å². The minimum atomic E-state index is -1.08. The second-order valence-corrected chi connectivity index (χ2v) is 9.96. The van der Waals surface area contributed by atoms with Gasteiger partial charge in [0.05, 0.1) is 5.69 Å². The Morgan fingerprint density at radius 2 is 1.81 bits per heavy atom. The largest absolute Gasteiger partial charge is 0.317 e. The third-order valence-electron chi connectivity index (χ3n) is 7.55. The lowest BCUT2D eigenvalue weighted by molar-refractivity contribution is 0.0484. The fourth-order valence-electron chi connectivity index (χ4n) is 5.26. The van der Waals surface area contributed by atoms with Crippen molar-refractivity contribution in [1.29, 1.82) is 0 Å². The van der Waals surface area contributed by atoms with Crippen LogP contribution in [0.2, 0.25) is 0 Å². The molecule has 1 aromatic heterocycles. The van der Waals surface area contributed by atoms with E-state index >= 15 is 4.39 Å². The number of alkyl halides is 1. The summed E-state index contributed by atoms with van der Waals surface area (Å²) in [5, 5.41) is 6.92. The maximum Gasteiger partial charge on any atom is 0.125 e. The summed E-state index contributed by atoms with van der Waals surface area (Å²) in [5.41, 5.74) is 1.87. The van der Waals surface area contributed by atoms with Gasteiger partial charge < -0.3 is 15.5 Å². The molecular weight excluding hydrogens is 406 g/mol. The number of likely N-dealkylation sites (tertiary alicyclic amines) is 1. The van der Waals surface area contributed by atoms with Gasteiger partial charge in [-0.2, -0.15) is 0 Å². The normalized spacial score (nSPS) is 26.2. The van der Waals surface area contributed by atoms with E-state index in [-0.39, 0.29) is 5.82 Å². The van der Waals surface area contributed by atoms with Gasteiger partial charge in [0, 0.05) is 49.9 Å². The highest BCUT2D eigenvalue weighted by Crippen LogP contribution is 2.41. The van der Waals surface area contributed by atoms with Gasteiger partial charge in [-0.05, 0) is 87.0 Å². The van der Waals surface area contributed by atoms with Crippen LogP contribution in [0.1, 0.15) is 43.6 Å². The van der Waals surface area contributed by atoms with Crippen LogP contribution in [0.5, 0.6) is 0 Å². The first kappa shape index (κ1) is 21.9. The summed E-state index contributed by atoms with van der Waals surface area (Å²) >= 11 is 0. The third kappa shape index (κ3) is 5.36. The number of nitrogens with zero attached hydrogens (tertiary/aromatic N) is 2. The summed E-state index contributed by atoms with van der Waals surface area (Å²) in [6, 6.07) is 10.8. The molecule has 2 N–H and O–H groups in total. The first-order chi connectivity index (χ1) is 15.6. The summed E-state index contributed by atoms with van der Waals surface area (Å²) in [4.78, 5) is 7.03. The van der Waals surface area contributed by atoms with Gasteiger partial charge >= 0.3 is 0 Å². The molecule has 1 saturated carbocycles. The number of rotatable bonds is 7. The number of nitrogens with one attached hydrogen (secondary N) is 2. The summed E-state index contributed by atoms with van der Waals surface area (Å²) in [6.07, 6.45) is 6.72. The van der Waals surface area contributed by atoms with E-state index in [1.165, 1.54) is 30.5 Å². The molecule has 2 atom stereocenters. The smallest absolute Gasteiger partial charge is 0.125 e. The molecule has 5 rings (SSSR count). The molecule has 0 amide bonds. The standard InChI is InChI=1S/C26H34F2N4/c27-22-4-1-20(2-5-22)24-6-3-21(16-30-24)23-15-25(23)31-18-26(28)9-13-32(14-10-26)17-19-7-11-29-12-8-19/h1-6,16,19,23,25,29,31H,7-15,17-18H2. The monoisotopic (exact) mass is 440 g/mol. The van der Waals surface area contributed by atoms with Gasteiger partial charge in [0.2, 0.25) is 0 Å². The van der Waals surface area contributed by atoms with E-state index in [1.54, 1.807) is 12.1 Å². The molecule has 0 radical (unpaired) electrons. The van der Waals surface area contributed by atoms with E-state index in [9.17, 15) is 4.39 Å². The molecule has 2 aliphatic heterocycles. The highest BCUT2D eigenvalue weighted by atomic mass is 19.1. The van der Waals surface area contributed by atoms with Gasteiger partial charge in [0.15, 0.2) is 0 Å². The molecule has 3 fully saturated rings. The quantitative estimate of drug-likeness (QED) is 0.679. The van der Waals surface area contributed by atoms with E-state index < -0.39 is 5.67 Å². The topological polar surface area (TPSA) is 40.2 Å². The van der Waals surface area contributed by atoms with Crippen molar-refractivity contribution in [3.8, 4) is 11.3 Å². The lowest BCUT2D eigenvalue weighted by Gasteiger charge is -2.38. The molecule has 172 valence electrons. The van der Waals surface area contributed by atoms with Crippen LogP contribution >= 0.6 is 0 Å². The lowest BCUT2D eigenvalue weighted by Crippen LogP contribution is -2.49. The number of halogens is 2. The number of hydrogen-bond donors (Lipinski definition) is 2. The molecule has 0 bridgehead atoms. The zero-order chi connectivity index (χ0) is 22.0. The molecule has 3 heterocycles. The van der Waals surface area contributed by atoms with E-state index in [2.05, 4.69) is 26.6 Å². The summed E-state index contributed by atoms with van der Waals surface area (Å²) < 4.78 is 28.5. The van der Waals surface area contributed by atoms with E-state index in [0.29, 0.717) is 31.3 Å². The fourth-order valence-corrected chi connectivity index (χ4v) is 5.26. The van der Waals surface area contributed by atoms with Gasteiger partial charge in [0.25, 0.3) is 0 Å². The van der Waals surface area contributed by atoms with Crippen molar-refractivity contribution < 1.29 is 8.78 Å². The highest BCUT2D eigenvalue weighted by molar-refractivity contribution is 5.59. The van der Waals surface area contributed by atoms with Crippen molar-refractivity contribution >= 4 is 0 Å². The number of benzene rings is 1. The zero-order valence-corrected chi connectivity index (χ0v) is 18.7. The Morgan fingerprint density at radius 1 is 1.06 bits per heavy atom. The first-order valence-electron chi connectivity index (χ1n) is 12.2. The molecule has 2 saturated heterocycles. The summed E-state index contributed by atoms with van der Waals surface area (Å²) in [6.45, 7) is 5.61. The summed E-state index contributed by atoms with van der Waals surface area (Å²) in [5.74, 6) is 0.945. The van der Waals surface area contributed by atoms with Crippen LogP contribution in [-0.4, -0.2) is 60.9 Å². The SMILES string of the molecule is Fc1ccc(-c2ccc(C3CC3NCC3(F)CCN(CC4CCNCC4)CC3)cn2)cc1. The maximum absolute atomic E-state index is 15.4. The molecule has 3 aliphatic rings. The van der Waals surface area contributed by atoms with E-state index in [1.807, 2.05) is 12.3 Å². The van der Waals surface area contributed by atoms with Crippen LogP contribution in [0.25, 0.3) is 11.3 Å². The number of pyridine rings is 1. The maximum atomic E-state index is 15.4. The van der Waals surface area contributed by atoms with Gasteiger partial charge in [-0.3, -0.25) is 4.98 Å². The Morgan fingerprint density at radius 3 is 2.50 bits per heavy atom. The van der Waals surface area contributed by atoms with Crippen molar-refractivity contribution in [3.63, 3.8) is 0 Å². The zero-order valence-electron chi connectivity index (χ0n) is 18.7. The van der Waals surface area contributed by atoms with E-state index in [4.69, 9.17) is 0 Å². The van der Waals surface area contributed by atoms with Crippen LogP contribution in [0.15, 0.2) is 42.6 Å². The minimum absolute atomic E-state index is 0.240. The Labute approximate surface area is 189 Å². The Balaban J connectivity index is 1.06. The summed E-state index contributed by atoms with van der Waals surface area (Å²) in [7, 11) is 0. The first-order valence-corrected chi connectivity index (χ1v) is 12.2. The van der Waals surface area contributed by atoms with E-state index in [0.717, 1.165) is 56.3 Å². The lowest BCUT2D eigenvalue weighted by atomic mass is 9.91. The Bertz CT molecular complexity index is 872. The van der Waals surface area contributed by atoms with Crippen molar-refractivity contribution in [1.82, 2.24) is 20.5 Å². The predicted octanol–water partition coefficient (Wildman–Crippen LogP) is 4.14. The minimum Gasteiger partial charge on any atom is -0.317 e. The molecule has 2 unspecified atom stereocenters. The molecule has 1 aliphatic carbocycles. The van der Waals surface area contributed by atoms with Crippen molar-refractivity contribution in [3.05, 3.63) is 54.0 Å². The van der Waals surface area contributed by atoms with Gasteiger partial charge in [-0.25, -0.2) is 8.78 Å². The van der Waals surface area contributed by atoms with Crippen molar-refractivity contribution in [2.24, 2.45) is 5.92 Å². The number of piperidine rings is 2. The number of hydrogen-bond acceptors (Lipinski definition) is 4. The second-order valence-electron chi connectivity index (χ2n) is 9.96. The van der Waals surface area contributed by atoms with Crippen LogP contribution in [0.4, 0.5) is 8.78 Å². The van der Waals surface area contributed by atoms with Crippen LogP contribution in [0.3, 0.4) is 0 Å². The molecule has 32 heavy (non-hydrogen) atoms. The van der Waals surface area contributed by atoms with Crippen LogP contribution in [0, 0.1) is 11.7 Å². The Hall–Kier alpha value is -1.89. The number of aromatic nitrogens is 1. The molecule has 2 aromatic rings. The predicted molar refractivity (Wildman–Crippen MR) is 124 cm³/mol. The molecule has 0 spiro atoms. The van der Waals surface area contributed by atoms with Gasteiger partial charge in [-0.1, -0.05) is 6.07 Å². The molecule has 4 nitrogen and oxygen atoms in total. The van der Waals surface area contributed by atoms with Gasteiger partial charge in [-0.15, -0.1) is 0 Å². The van der Waals surface area contributed by atoms with Crippen LogP contribution < -0.4 is 10.6 Å². The molecular formula is C26H34F2N4. The van der Waals surface area contributed by atoms with Crippen molar-refractivity contribution in [2.75, 3.05) is 39.3 Å². The molecule has 1 aromatic carbocycles. The second kappa shape index (κ2) is 9.54. The average molecular weight is 441 g/mol. The van der Waals surface area contributed by atoms with Crippen molar-refractivity contribution in [2.45, 2.75) is 49.7 Å². The highest BCUT2D eigenvalue weighted by Gasteiger charge is 2.42. The fraction of sp³-hybridized carbons (Fsp3) is 0.577.